The van der Waals surface area contributed by atoms with Gasteiger partial charge in [-0.25, -0.2) is 4.79 Å². The maximum absolute atomic E-state index is 12.6. The van der Waals surface area contributed by atoms with Gasteiger partial charge in [0.05, 0.1) is 0 Å². The van der Waals surface area contributed by atoms with Gasteiger partial charge in [0, 0.05) is 54.0 Å². The number of aryl methyl sites for hydroxylation is 1. The normalized spacial score (nSPS) is 14.2. The summed E-state index contributed by atoms with van der Waals surface area (Å²) in [5.74, 6) is 2.36. The van der Waals surface area contributed by atoms with Gasteiger partial charge in [-0.05, 0) is 42.3 Å². The second-order valence-electron chi connectivity index (χ2n) is 6.48. The first-order valence-corrected chi connectivity index (χ1v) is 10.7. The summed E-state index contributed by atoms with van der Waals surface area (Å²) in [5.41, 5.74) is 4.27. The molecule has 0 unspecified atom stereocenters. The van der Waals surface area contributed by atoms with Crippen LogP contribution in [0.4, 0.5) is 16.2 Å². The summed E-state index contributed by atoms with van der Waals surface area (Å²) in [7, 11) is 1.81. The minimum Gasteiger partial charge on any atom is -0.370 e. The van der Waals surface area contributed by atoms with Gasteiger partial charge in [-0.1, -0.05) is 34.1 Å². The Kier molecular flexibility index (Phi) is 6.48. The number of rotatable bonds is 4. The second kappa shape index (κ2) is 8.82. The Hall–Kier alpha value is -1.66. The number of carbonyl (C=O) groups is 1. The van der Waals surface area contributed by atoms with E-state index in [1.165, 1.54) is 17.2 Å². The van der Waals surface area contributed by atoms with Crippen molar-refractivity contribution in [3.8, 4) is 0 Å². The first kappa shape index (κ1) is 19.1. The molecule has 2 aromatic carbocycles. The third-order valence-corrected chi connectivity index (χ3v) is 6.26. The zero-order valence-corrected chi connectivity index (χ0v) is 17.6. The topological polar surface area (TPSA) is 35.6 Å². The Morgan fingerprint density at radius 3 is 2.65 bits per heavy atom. The van der Waals surface area contributed by atoms with Crippen LogP contribution in [0.1, 0.15) is 11.1 Å². The van der Waals surface area contributed by atoms with Crippen molar-refractivity contribution in [3.63, 3.8) is 0 Å². The lowest BCUT2D eigenvalue weighted by Gasteiger charge is -2.29. The van der Waals surface area contributed by atoms with E-state index in [-0.39, 0.29) is 6.03 Å². The standard InChI is InChI=1S/C20H24BrN3OS/c1-15-13-17(24-9-11-26-12-10-24)7-8-19(15)22-20(25)23(2)14-16-5-3-4-6-18(16)21/h3-8,13H,9-12,14H2,1-2H3,(H,22,25). The smallest absolute Gasteiger partial charge is 0.321 e. The molecule has 1 saturated heterocycles. The molecule has 1 aliphatic heterocycles. The van der Waals surface area contributed by atoms with Gasteiger partial charge in [-0.15, -0.1) is 0 Å². The summed E-state index contributed by atoms with van der Waals surface area (Å²) in [6.07, 6.45) is 0. The summed E-state index contributed by atoms with van der Waals surface area (Å²) in [4.78, 5) is 16.7. The Balaban J connectivity index is 1.64. The number of anilines is 2. The van der Waals surface area contributed by atoms with Gasteiger partial charge in [-0.3, -0.25) is 0 Å². The van der Waals surface area contributed by atoms with Gasteiger partial charge < -0.3 is 15.1 Å². The van der Waals surface area contributed by atoms with Crippen molar-refractivity contribution in [1.82, 2.24) is 4.90 Å². The van der Waals surface area contributed by atoms with E-state index in [2.05, 4.69) is 38.3 Å². The molecule has 2 aromatic rings. The van der Waals surface area contributed by atoms with E-state index < -0.39 is 0 Å². The molecule has 0 aromatic heterocycles. The fraction of sp³-hybridized carbons (Fsp3) is 0.350. The fourth-order valence-corrected chi connectivity index (χ4v) is 4.28. The molecule has 0 spiro atoms. The number of urea groups is 1. The number of hydrogen-bond acceptors (Lipinski definition) is 3. The van der Waals surface area contributed by atoms with E-state index in [9.17, 15) is 4.79 Å². The van der Waals surface area contributed by atoms with E-state index in [0.29, 0.717) is 6.54 Å². The van der Waals surface area contributed by atoms with Crippen LogP contribution in [-0.2, 0) is 6.54 Å². The van der Waals surface area contributed by atoms with Crippen LogP contribution in [-0.4, -0.2) is 42.6 Å². The van der Waals surface area contributed by atoms with Crippen LogP contribution < -0.4 is 10.2 Å². The lowest BCUT2D eigenvalue weighted by Crippen LogP contribution is -2.33. The average molecular weight is 434 g/mol. The zero-order valence-electron chi connectivity index (χ0n) is 15.2. The quantitative estimate of drug-likeness (QED) is 0.738. The molecule has 4 nitrogen and oxygen atoms in total. The number of nitrogens with one attached hydrogen (secondary N) is 1. The molecule has 138 valence electrons. The third-order valence-electron chi connectivity index (χ3n) is 4.54. The van der Waals surface area contributed by atoms with Crippen LogP contribution in [0.25, 0.3) is 0 Å². The van der Waals surface area contributed by atoms with E-state index >= 15 is 0 Å². The van der Waals surface area contributed by atoms with Gasteiger partial charge in [0.25, 0.3) is 0 Å². The highest BCUT2D eigenvalue weighted by molar-refractivity contribution is 9.10. The van der Waals surface area contributed by atoms with Crippen LogP contribution in [0.3, 0.4) is 0 Å². The molecule has 1 fully saturated rings. The monoisotopic (exact) mass is 433 g/mol. The van der Waals surface area contributed by atoms with E-state index in [4.69, 9.17) is 0 Å². The molecule has 1 heterocycles. The van der Waals surface area contributed by atoms with Gasteiger partial charge in [0.2, 0.25) is 0 Å². The van der Waals surface area contributed by atoms with Crippen LogP contribution in [0.2, 0.25) is 0 Å². The van der Waals surface area contributed by atoms with Gasteiger partial charge in [-0.2, -0.15) is 11.8 Å². The van der Waals surface area contributed by atoms with Crippen LogP contribution >= 0.6 is 27.7 Å². The summed E-state index contributed by atoms with van der Waals surface area (Å²) in [6.45, 7) is 4.77. The minimum absolute atomic E-state index is 0.106. The van der Waals surface area contributed by atoms with Crippen molar-refractivity contribution in [2.24, 2.45) is 0 Å². The first-order valence-electron chi connectivity index (χ1n) is 8.73. The summed E-state index contributed by atoms with van der Waals surface area (Å²) >= 11 is 5.54. The average Bonchev–Trinajstić information content (AvgIpc) is 2.66. The first-order chi connectivity index (χ1) is 12.5. The fourth-order valence-electron chi connectivity index (χ4n) is 2.97. The Labute approximate surface area is 168 Å². The highest BCUT2D eigenvalue weighted by Crippen LogP contribution is 2.25. The van der Waals surface area contributed by atoms with Gasteiger partial charge in [0.1, 0.15) is 0 Å². The number of benzene rings is 2. The highest BCUT2D eigenvalue weighted by Gasteiger charge is 2.15. The van der Waals surface area contributed by atoms with Crippen molar-refractivity contribution in [1.29, 1.82) is 0 Å². The highest BCUT2D eigenvalue weighted by atomic mass is 79.9. The predicted molar refractivity (Wildman–Crippen MR) is 115 cm³/mol. The van der Waals surface area contributed by atoms with Crippen molar-refractivity contribution in [2.45, 2.75) is 13.5 Å². The van der Waals surface area contributed by atoms with Crippen molar-refractivity contribution in [2.75, 3.05) is 41.9 Å². The van der Waals surface area contributed by atoms with E-state index in [0.717, 1.165) is 34.4 Å². The minimum atomic E-state index is -0.106. The molecule has 6 heteroatoms. The lowest BCUT2D eigenvalue weighted by atomic mass is 10.1. The molecule has 0 aliphatic carbocycles. The molecule has 0 atom stereocenters. The summed E-state index contributed by atoms with van der Waals surface area (Å²) < 4.78 is 1.01. The molecule has 2 amide bonds. The maximum Gasteiger partial charge on any atom is 0.321 e. The summed E-state index contributed by atoms with van der Waals surface area (Å²) in [6, 6.07) is 14.1. The molecular weight excluding hydrogens is 410 g/mol. The molecule has 3 rings (SSSR count). The van der Waals surface area contributed by atoms with E-state index in [1.54, 1.807) is 4.90 Å². The molecule has 1 aliphatic rings. The summed E-state index contributed by atoms with van der Waals surface area (Å²) in [5, 5.41) is 3.03. The number of hydrogen-bond donors (Lipinski definition) is 1. The van der Waals surface area contributed by atoms with Crippen molar-refractivity contribution < 1.29 is 4.79 Å². The molecule has 1 N–H and O–H groups in total. The van der Waals surface area contributed by atoms with Gasteiger partial charge in [0.15, 0.2) is 0 Å². The molecule has 26 heavy (non-hydrogen) atoms. The number of carbonyl (C=O) groups excluding carboxylic acids is 1. The third kappa shape index (κ3) is 4.74. The van der Waals surface area contributed by atoms with E-state index in [1.807, 2.05) is 56.1 Å². The lowest BCUT2D eigenvalue weighted by molar-refractivity contribution is 0.220. The Morgan fingerprint density at radius 2 is 1.96 bits per heavy atom. The van der Waals surface area contributed by atoms with Gasteiger partial charge >= 0.3 is 6.03 Å². The SMILES string of the molecule is Cc1cc(N2CCSCC2)ccc1NC(=O)N(C)Cc1ccccc1Br. The predicted octanol–water partition coefficient (Wildman–Crippen LogP) is 4.97. The van der Waals surface area contributed by atoms with Crippen LogP contribution in [0.5, 0.6) is 0 Å². The zero-order chi connectivity index (χ0) is 18.5. The number of nitrogens with zero attached hydrogens (tertiary/aromatic N) is 2. The van der Waals surface area contributed by atoms with Crippen molar-refractivity contribution in [3.05, 3.63) is 58.1 Å². The Bertz CT molecular complexity index is 777. The molecule has 0 bridgehead atoms. The van der Waals surface area contributed by atoms with Crippen molar-refractivity contribution >= 4 is 45.1 Å². The number of amides is 2. The maximum atomic E-state index is 12.6. The second-order valence-corrected chi connectivity index (χ2v) is 8.56. The number of halogens is 1. The molecular formula is C20H24BrN3OS. The largest absolute Gasteiger partial charge is 0.370 e. The van der Waals surface area contributed by atoms with Crippen LogP contribution in [0, 0.1) is 6.92 Å². The Morgan fingerprint density at radius 1 is 1.23 bits per heavy atom. The number of thioether (sulfide) groups is 1. The molecule has 0 saturated carbocycles. The molecule has 0 radical (unpaired) electrons. The van der Waals surface area contributed by atoms with Crippen LogP contribution in [0.15, 0.2) is 46.9 Å².